The number of phenolic OH excluding ortho intramolecular Hbond substituents is 1. The van der Waals surface area contributed by atoms with Crippen molar-refractivity contribution >= 4 is 55.5 Å². The molecular weight excluding hydrogens is 387 g/mol. The molecule has 3 aromatic rings. The Hall–Kier alpha value is -2.19. The number of halogens is 2. The van der Waals surface area contributed by atoms with Crippen LogP contribution in [-0.2, 0) is 10.1 Å². The highest BCUT2D eigenvalue weighted by molar-refractivity contribution is 7.86. The van der Waals surface area contributed by atoms with Crippen LogP contribution < -0.4 is 0 Å². The number of hydrogen-bond acceptors (Lipinski definition) is 5. The first-order chi connectivity index (χ1) is 11.8. The van der Waals surface area contributed by atoms with Crippen molar-refractivity contribution in [2.45, 2.75) is 4.90 Å². The van der Waals surface area contributed by atoms with Gasteiger partial charge in [0, 0.05) is 5.39 Å². The molecule has 0 aliphatic rings. The number of aromatic hydroxyl groups is 1. The first-order valence-corrected chi connectivity index (χ1v) is 9.06. The molecule has 0 bridgehead atoms. The third-order valence-corrected chi connectivity index (χ3v) is 5.04. The van der Waals surface area contributed by atoms with Gasteiger partial charge < -0.3 is 5.11 Å². The Bertz CT molecular complexity index is 1110. The van der Waals surface area contributed by atoms with Crippen LogP contribution in [0, 0.1) is 0 Å². The molecule has 9 heteroatoms. The van der Waals surface area contributed by atoms with E-state index in [2.05, 4.69) is 10.2 Å². The van der Waals surface area contributed by atoms with Gasteiger partial charge in [-0.15, -0.1) is 10.2 Å². The predicted molar refractivity (Wildman–Crippen MR) is 96.1 cm³/mol. The summed E-state index contributed by atoms with van der Waals surface area (Å²) in [5.41, 5.74) is 0.329. The molecule has 3 aromatic carbocycles. The summed E-state index contributed by atoms with van der Waals surface area (Å²) in [4.78, 5) is -0.522. The number of nitrogens with zero attached hydrogens (tertiary/aromatic N) is 2. The van der Waals surface area contributed by atoms with Gasteiger partial charge in [0.05, 0.1) is 10.0 Å². The summed E-state index contributed by atoms with van der Waals surface area (Å²) in [7, 11) is -4.50. The van der Waals surface area contributed by atoms with Crippen LogP contribution in [0.1, 0.15) is 0 Å². The van der Waals surface area contributed by atoms with Gasteiger partial charge in [-0.05, 0) is 23.6 Å². The average molecular weight is 397 g/mol. The van der Waals surface area contributed by atoms with Crippen LogP contribution in [0.4, 0.5) is 11.4 Å². The lowest BCUT2D eigenvalue weighted by Crippen LogP contribution is -1.98. The van der Waals surface area contributed by atoms with E-state index in [0.717, 1.165) is 11.5 Å². The summed E-state index contributed by atoms with van der Waals surface area (Å²) in [6, 6.07) is 12.7. The molecule has 25 heavy (non-hydrogen) atoms. The van der Waals surface area contributed by atoms with Crippen LogP contribution in [-0.4, -0.2) is 18.1 Å². The molecule has 0 aromatic heterocycles. The first kappa shape index (κ1) is 17.6. The molecule has 0 spiro atoms. The normalized spacial score (nSPS) is 12.1. The molecule has 0 fully saturated rings. The predicted octanol–water partition coefficient (Wildman–Crippen LogP) is 5.51. The monoisotopic (exact) mass is 396 g/mol. The molecule has 2 N–H and O–H groups in total. The fraction of sp³-hybridized carbons (Fsp3) is 0. The van der Waals surface area contributed by atoms with Gasteiger partial charge in [0.1, 0.15) is 22.0 Å². The molecule has 0 saturated heterocycles. The second kappa shape index (κ2) is 6.61. The van der Waals surface area contributed by atoms with Crippen molar-refractivity contribution in [2.75, 3.05) is 0 Å². The van der Waals surface area contributed by atoms with Crippen LogP contribution in [0.3, 0.4) is 0 Å². The highest BCUT2D eigenvalue weighted by Crippen LogP contribution is 2.38. The maximum atomic E-state index is 11.2. The van der Waals surface area contributed by atoms with Crippen molar-refractivity contribution in [3.8, 4) is 5.75 Å². The Labute approximate surface area is 153 Å². The summed E-state index contributed by atoms with van der Waals surface area (Å²) in [5, 5.41) is 19.2. The van der Waals surface area contributed by atoms with Crippen LogP contribution in [0.25, 0.3) is 10.8 Å². The number of benzene rings is 3. The van der Waals surface area contributed by atoms with Gasteiger partial charge in [0.2, 0.25) is 0 Å². The second-order valence-corrected chi connectivity index (χ2v) is 7.27. The Morgan fingerprint density at radius 2 is 1.64 bits per heavy atom. The molecule has 0 atom stereocenters. The van der Waals surface area contributed by atoms with E-state index in [1.165, 1.54) is 12.1 Å². The van der Waals surface area contributed by atoms with E-state index in [1.54, 1.807) is 18.2 Å². The van der Waals surface area contributed by atoms with Crippen molar-refractivity contribution in [1.29, 1.82) is 0 Å². The topological polar surface area (TPSA) is 99.3 Å². The van der Waals surface area contributed by atoms with E-state index in [0.29, 0.717) is 5.39 Å². The molecule has 0 saturated carbocycles. The van der Waals surface area contributed by atoms with Crippen molar-refractivity contribution < 1.29 is 18.1 Å². The maximum absolute atomic E-state index is 11.2. The lowest BCUT2D eigenvalue weighted by molar-refractivity contribution is 0.477. The quantitative estimate of drug-likeness (QED) is 0.449. The third-order valence-electron chi connectivity index (χ3n) is 3.42. The Kier molecular flexibility index (Phi) is 4.66. The van der Waals surface area contributed by atoms with Crippen LogP contribution >= 0.6 is 23.2 Å². The highest BCUT2D eigenvalue weighted by atomic mass is 35.5. The van der Waals surface area contributed by atoms with Gasteiger partial charge in [-0.3, -0.25) is 4.55 Å². The molecule has 0 amide bonds. The van der Waals surface area contributed by atoms with Gasteiger partial charge in [-0.2, -0.15) is 8.42 Å². The molecule has 0 unspecified atom stereocenters. The number of rotatable bonds is 3. The van der Waals surface area contributed by atoms with Gasteiger partial charge >= 0.3 is 0 Å². The van der Waals surface area contributed by atoms with Crippen molar-refractivity contribution in [3.05, 3.63) is 58.6 Å². The standard InChI is InChI=1S/C16H10Cl2N2O4S/c17-11-8-15(25(22,23)24)12(18)7-13(11)19-20-16-10-4-2-1-3-9(10)5-6-14(16)21/h1-8,21H,(H,22,23,24). The number of fused-ring (bicyclic) bond motifs is 1. The van der Waals surface area contributed by atoms with Crippen molar-refractivity contribution in [1.82, 2.24) is 0 Å². The van der Waals surface area contributed by atoms with Gasteiger partial charge in [0.25, 0.3) is 10.1 Å². The molecule has 0 heterocycles. The van der Waals surface area contributed by atoms with E-state index in [4.69, 9.17) is 27.8 Å². The lowest BCUT2D eigenvalue weighted by atomic mass is 10.1. The molecule has 128 valence electrons. The average Bonchev–Trinajstić information content (AvgIpc) is 2.55. The first-order valence-electron chi connectivity index (χ1n) is 6.86. The summed E-state index contributed by atoms with van der Waals surface area (Å²) in [6.45, 7) is 0. The molecule has 6 nitrogen and oxygen atoms in total. The zero-order valence-corrected chi connectivity index (χ0v) is 14.7. The SMILES string of the molecule is O=S(=O)(O)c1cc(Cl)c(N=Nc2c(O)ccc3ccccc23)cc1Cl. The molecule has 0 aliphatic heterocycles. The minimum absolute atomic E-state index is 0.0690. The van der Waals surface area contributed by atoms with Gasteiger partial charge in [0.15, 0.2) is 0 Å². The fourth-order valence-electron chi connectivity index (χ4n) is 2.24. The van der Waals surface area contributed by atoms with Crippen LogP contribution in [0.5, 0.6) is 5.75 Å². The summed E-state index contributed by atoms with van der Waals surface area (Å²) < 4.78 is 31.5. The van der Waals surface area contributed by atoms with E-state index in [9.17, 15) is 13.5 Å². The molecule has 3 rings (SSSR count). The van der Waals surface area contributed by atoms with Crippen LogP contribution in [0.15, 0.2) is 63.7 Å². The van der Waals surface area contributed by atoms with E-state index < -0.39 is 15.0 Å². The number of phenols is 1. The zero-order valence-electron chi connectivity index (χ0n) is 12.4. The smallest absolute Gasteiger partial charge is 0.296 e. The van der Waals surface area contributed by atoms with E-state index in [-0.39, 0.29) is 27.2 Å². The van der Waals surface area contributed by atoms with Crippen LogP contribution in [0.2, 0.25) is 10.0 Å². The fourth-order valence-corrected chi connectivity index (χ4v) is 3.53. The minimum atomic E-state index is -4.50. The summed E-state index contributed by atoms with van der Waals surface area (Å²) in [5.74, 6) is -0.0702. The Morgan fingerprint density at radius 3 is 2.36 bits per heavy atom. The Morgan fingerprint density at radius 1 is 0.920 bits per heavy atom. The zero-order chi connectivity index (χ0) is 18.2. The molecule has 0 aliphatic carbocycles. The summed E-state index contributed by atoms with van der Waals surface area (Å²) in [6.07, 6.45) is 0. The second-order valence-electron chi connectivity index (χ2n) is 5.06. The van der Waals surface area contributed by atoms with Gasteiger partial charge in [-0.1, -0.05) is 53.5 Å². The minimum Gasteiger partial charge on any atom is -0.506 e. The number of hydrogen-bond donors (Lipinski definition) is 2. The Balaban J connectivity index is 2.10. The number of azo groups is 1. The highest BCUT2D eigenvalue weighted by Gasteiger charge is 2.17. The van der Waals surface area contributed by atoms with E-state index >= 15 is 0 Å². The molecule has 0 radical (unpaired) electrons. The largest absolute Gasteiger partial charge is 0.506 e. The third kappa shape index (κ3) is 3.59. The van der Waals surface area contributed by atoms with Gasteiger partial charge in [-0.25, -0.2) is 0 Å². The van der Waals surface area contributed by atoms with Crippen molar-refractivity contribution in [3.63, 3.8) is 0 Å². The summed E-state index contributed by atoms with van der Waals surface area (Å²) >= 11 is 11.8. The molecular formula is C16H10Cl2N2O4S. The van der Waals surface area contributed by atoms with Crippen molar-refractivity contribution in [2.24, 2.45) is 10.2 Å². The maximum Gasteiger partial charge on any atom is 0.296 e. The lowest BCUT2D eigenvalue weighted by Gasteiger charge is -2.05. The van der Waals surface area contributed by atoms with E-state index in [1.807, 2.05) is 12.1 Å².